The van der Waals surface area contributed by atoms with Crippen LogP contribution in [0.25, 0.3) is 0 Å². The molecule has 0 saturated carbocycles. The molecule has 4 nitrogen and oxygen atoms in total. The molecule has 0 fully saturated rings. The number of primary amides is 1. The van der Waals surface area contributed by atoms with Gasteiger partial charge in [-0.05, 0) is 32.0 Å². The first-order valence-electron chi connectivity index (χ1n) is 5.20. The Labute approximate surface area is 106 Å². The average Bonchev–Trinajstić information content (AvgIpc) is 2.25. The quantitative estimate of drug-likeness (QED) is 0.889. The Balaban J connectivity index is 3.07. The highest BCUT2D eigenvalue weighted by Crippen LogP contribution is 2.24. The van der Waals surface area contributed by atoms with Gasteiger partial charge in [-0.2, -0.15) is 5.26 Å². The third-order valence-corrected chi connectivity index (χ3v) is 2.67. The first kappa shape index (κ1) is 13.3. The summed E-state index contributed by atoms with van der Waals surface area (Å²) in [7, 11) is 0. The zero-order chi connectivity index (χ0) is 13.0. The Hall–Kier alpha value is -1.73. The van der Waals surface area contributed by atoms with Crippen molar-refractivity contribution in [3.05, 3.63) is 28.8 Å². The topological polar surface area (TPSA) is 70.1 Å². The average molecular weight is 252 g/mol. The van der Waals surface area contributed by atoms with Gasteiger partial charge in [0.2, 0.25) is 5.91 Å². The summed E-state index contributed by atoms with van der Waals surface area (Å²) in [5.41, 5.74) is 6.39. The predicted octanol–water partition coefficient (Wildman–Crippen LogP) is 1.91. The van der Waals surface area contributed by atoms with Crippen molar-refractivity contribution in [2.24, 2.45) is 5.73 Å². The zero-order valence-electron chi connectivity index (χ0n) is 9.77. The summed E-state index contributed by atoms with van der Waals surface area (Å²) >= 11 is 5.95. The minimum atomic E-state index is -0.404. The number of carbonyl (C=O) groups is 1. The number of carbonyl (C=O) groups excluding carboxylic acids is 1. The molecule has 17 heavy (non-hydrogen) atoms. The van der Waals surface area contributed by atoms with Crippen molar-refractivity contribution in [3.8, 4) is 6.07 Å². The number of nitrogens with zero attached hydrogens (tertiary/aromatic N) is 2. The van der Waals surface area contributed by atoms with E-state index in [0.29, 0.717) is 10.6 Å². The van der Waals surface area contributed by atoms with Gasteiger partial charge in [0.1, 0.15) is 6.07 Å². The van der Waals surface area contributed by atoms with E-state index < -0.39 is 5.91 Å². The number of rotatable bonds is 4. The third kappa shape index (κ3) is 3.36. The molecule has 0 radical (unpaired) electrons. The van der Waals surface area contributed by atoms with Crippen LogP contribution in [0.15, 0.2) is 18.2 Å². The van der Waals surface area contributed by atoms with E-state index >= 15 is 0 Å². The second kappa shape index (κ2) is 5.55. The van der Waals surface area contributed by atoms with E-state index in [2.05, 4.69) is 0 Å². The fourth-order valence-corrected chi connectivity index (χ4v) is 1.73. The van der Waals surface area contributed by atoms with E-state index in [9.17, 15) is 4.79 Å². The normalized spacial score (nSPS) is 10.1. The van der Waals surface area contributed by atoms with Crippen LogP contribution in [0, 0.1) is 11.3 Å². The predicted molar refractivity (Wildman–Crippen MR) is 67.8 cm³/mol. The largest absolute Gasteiger partial charge is 0.368 e. The van der Waals surface area contributed by atoms with Crippen LogP contribution >= 0.6 is 11.6 Å². The van der Waals surface area contributed by atoms with Gasteiger partial charge in [-0.3, -0.25) is 4.79 Å². The second-order valence-corrected chi connectivity index (χ2v) is 4.37. The Morgan fingerprint density at radius 3 is 2.65 bits per heavy atom. The molecule has 1 rings (SSSR count). The summed E-state index contributed by atoms with van der Waals surface area (Å²) in [6, 6.07) is 7.17. The van der Waals surface area contributed by atoms with Crippen LogP contribution in [0.5, 0.6) is 0 Å². The van der Waals surface area contributed by atoms with Gasteiger partial charge in [-0.15, -0.1) is 0 Å². The first-order chi connectivity index (χ1) is 7.95. The van der Waals surface area contributed by atoms with Crippen molar-refractivity contribution in [3.63, 3.8) is 0 Å². The maximum atomic E-state index is 11.0. The number of anilines is 1. The number of hydrogen-bond acceptors (Lipinski definition) is 3. The monoisotopic (exact) mass is 251 g/mol. The van der Waals surface area contributed by atoms with Crippen LogP contribution in [0.1, 0.15) is 19.4 Å². The summed E-state index contributed by atoms with van der Waals surface area (Å²) in [5, 5.41) is 9.16. The van der Waals surface area contributed by atoms with Gasteiger partial charge in [0.25, 0.3) is 0 Å². The number of nitrogens with two attached hydrogens (primary N) is 1. The fourth-order valence-electron chi connectivity index (χ4n) is 1.51. The third-order valence-electron chi connectivity index (χ3n) is 2.35. The van der Waals surface area contributed by atoms with Crippen LogP contribution in [0.3, 0.4) is 0 Å². The molecule has 0 aromatic heterocycles. The summed E-state index contributed by atoms with van der Waals surface area (Å²) in [6.45, 7) is 4.03. The molecule has 5 heteroatoms. The number of benzene rings is 1. The Morgan fingerprint density at radius 1 is 1.59 bits per heavy atom. The van der Waals surface area contributed by atoms with Crippen LogP contribution < -0.4 is 10.6 Å². The number of hydrogen-bond donors (Lipinski definition) is 1. The number of nitriles is 1. The van der Waals surface area contributed by atoms with Crippen molar-refractivity contribution in [1.29, 1.82) is 5.26 Å². The molecule has 0 aliphatic rings. The molecule has 1 amide bonds. The van der Waals surface area contributed by atoms with Gasteiger partial charge in [0.15, 0.2) is 0 Å². The SMILES string of the molecule is CC(C)N(CC(N)=O)c1ccc(C#N)c(Cl)c1. The van der Waals surface area contributed by atoms with Gasteiger partial charge in [-0.25, -0.2) is 0 Å². The molecule has 0 spiro atoms. The van der Waals surface area contributed by atoms with E-state index in [4.69, 9.17) is 22.6 Å². The van der Waals surface area contributed by atoms with Gasteiger partial charge < -0.3 is 10.6 Å². The molecule has 90 valence electrons. The molecule has 0 unspecified atom stereocenters. The summed E-state index contributed by atoms with van der Waals surface area (Å²) in [6.07, 6.45) is 0. The van der Waals surface area contributed by atoms with Crippen LogP contribution in [-0.2, 0) is 4.79 Å². The van der Waals surface area contributed by atoms with Gasteiger partial charge in [-0.1, -0.05) is 11.6 Å². The van der Waals surface area contributed by atoms with E-state index in [1.165, 1.54) is 0 Å². The van der Waals surface area contributed by atoms with Crippen LogP contribution in [-0.4, -0.2) is 18.5 Å². The van der Waals surface area contributed by atoms with Crippen molar-refractivity contribution < 1.29 is 4.79 Å². The second-order valence-electron chi connectivity index (χ2n) is 3.96. The smallest absolute Gasteiger partial charge is 0.236 e. The molecule has 0 bridgehead atoms. The Morgan fingerprint density at radius 2 is 2.24 bits per heavy atom. The minimum absolute atomic E-state index is 0.117. The fraction of sp³-hybridized carbons (Fsp3) is 0.333. The molecule has 0 atom stereocenters. The molecule has 2 N–H and O–H groups in total. The summed E-state index contributed by atoms with van der Waals surface area (Å²) < 4.78 is 0. The van der Waals surface area contributed by atoms with Crippen molar-refractivity contribution in [1.82, 2.24) is 0 Å². The van der Waals surface area contributed by atoms with Crippen molar-refractivity contribution in [2.75, 3.05) is 11.4 Å². The first-order valence-corrected chi connectivity index (χ1v) is 5.58. The number of halogens is 1. The van der Waals surface area contributed by atoms with E-state index in [0.717, 1.165) is 5.69 Å². The van der Waals surface area contributed by atoms with Crippen LogP contribution in [0.4, 0.5) is 5.69 Å². The Bertz CT molecular complexity index is 465. The molecule has 0 aliphatic carbocycles. The highest BCUT2D eigenvalue weighted by Gasteiger charge is 2.14. The lowest BCUT2D eigenvalue weighted by Crippen LogP contribution is -2.38. The molecule has 1 aromatic rings. The van der Waals surface area contributed by atoms with E-state index in [1.54, 1.807) is 18.2 Å². The lowest BCUT2D eigenvalue weighted by atomic mass is 10.2. The van der Waals surface area contributed by atoms with E-state index in [1.807, 2.05) is 24.8 Å². The minimum Gasteiger partial charge on any atom is -0.368 e. The molecule has 0 heterocycles. The maximum Gasteiger partial charge on any atom is 0.236 e. The molecule has 1 aromatic carbocycles. The van der Waals surface area contributed by atoms with Gasteiger partial charge in [0.05, 0.1) is 17.1 Å². The molecule has 0 aliphatic heterocycles. The zero-order valence-corrected chi connectivity index (χ0v) is 10.5. The Kier molecular flexibility index (Phi) is 4.36. The molecule has 0 saturated heterocycles. The molecular weight excluding hydrogens is 238 g/mol. The highest BCUT2D eigenvalue weighted by molar-refractivity contribution is 6.32. The van der Waals surface area contributed by atoms with Crippen molar-refractivity contribution >= 4 is 23.2 Å². The number of amides is 1. The van der Waals surface area contributed by atoms with Crippen LogP contribution in [0.2, 0.25) is 5.02 Å². The highest BCUT2D eigenvalue weighted by atomic mass is 35.5. The standard InChI is InChI=1S/C12H14ClN3O/c1-8(2)16(7-12(15)17)10-4-3-9(6-14)11(13)5-10/h3-5,8H,7H2,1-2H3,(H2,15,17). The lowest BCUT2D eigenvalue weighted by molar-refractivity contribution is -0.116. The van der Waals surface area contributed by atoms with Gasteiger partial charge >= 0.3 is 0 Å². The van der Waals surface area contributed by atoms with Crippen molar-refractivity contribution in [2.45, 2.75) is 19.9 Å². The molecular formula is C12H14ClN3O. The van der Waals surface area contributed by atoms with Gasteiger partial charge in [0, 0.05) is 11.7 Å². The maximum absolute atomic E-state index is 11.0. The lowest BCUT2D eigenvalue weighted by Gasteiger charge is -2.27. The summed E-state index contributed by atoms with van der Waals surface area (Å²) in [5.74, 6) is -0.404. The summed E-state index contributed by atoms with van der Waals surface area (Å²) in [4.78, 5) is 12.8. The van der Waals surface area contributed by atoms with E-state index in [-0.39, 0.29) is 12.6 Å².